The van der Waals surface area contributed by atoms with E-state index in [1.54, 1.807) is 14.2 Å². The smallest absolute Gasteiger partial charge is 0.123 e. The van der Waals surface area contributed by atoms with Crippen LogP contribution in [-0.2, 0) is 13.1 Å². The summed E-state index contributed by atoms with van der Waals surface area (Å²) >= 11 is 0. The second-order valence-electron chi connectivity index (χ2n) is 13.5. The third-order valence-corrected chi connectivity index (χ3v) is 11.6. The van der Waals surface area contributed by atoms with Gasteiger partial charge in [0.1, 0.15) is 11.5 Å². The molecule has 0 aliphatic carbocycles. The lowest BCUT2D eigenvalue weighted by atomic mass is 10.1. The first-order chi connectivity index (χ1) is 24.8. The van der Waals surface area contributed by atoms with E-state index in [-0.39, 0.29) is 17.9 Å². The average molecular weight is 786 g/mol. The summed E-state index contributed by atoms with van der Waals surface area (Å²) in [5.41, 5.74) is 2.49. The van der Waals surface area contributed by atoms with Gasteiger partial charge in [-0.2, -0.15) is 0 Å². The van der Waals surface area contributed by atoms with Gasteiger partial charge in [0.05, 0.1) is 14.2 Å². The van der Waals surface area contributed by atoms with Gasteiger partial charge in [-0.3, -0.25) is 0 Å². The first-order valence-electron chi connectivity index (χ1n) is 20.2. The van der Waals surface area contributed by atoms with Crippen molar-refractivity contribution in [3.8, 4) is 11.5 Å². The van der Waals surface area contributed by atoms with E-state index in [0.29, 0.717) is 0 Å². The topological polar surface area (TPSA) is 98.1 Å². The third-order valence-electron chi connectivity index (χ3n) is 9.24. The lowest BCUT2D eigenvalue weighted by molar-refractivity contribution is 0.407. The second-order valence-corrected chi connectivity index (χ2v) is 16.2. The van der Waals surface area contributed by atoms with Crippen LogP contribution in [-0.4, -0.2) is 70.5 Å². The Morgan fingerprint density at radius 3 is 1.02 bits per heavy atom. The monoisotopic (exact) mass is 785 g/mol. The molecule has 0 aliphatic heterocycles. The Kier molecular flexibility index (Phi) is 38.6. The Labute approximate surface area is 333 Å². The molecule has 10 heteroatoms. The molecule has 0 heterocycles. The van der Waals surface area contributed by atoms with Crippen LogP contribution in [0.1, 0.15) is 127 Å². The molecule has 52 heavy (non-hydrogen) atoms. The van der Waals surface area contributed by atoms with Gasteiger partial charge in [0.25, 0.3) is 0 Å². The Balaban J connectivity index is 0.0000130. The molecule has 2 aromatic rings. The molecule has 0 saturated carbocycles. The predicted octanol–water partition coefficient (Wildman–Crippen LogP) is 9.76. The summed E-state index contributed by atoms with van der Waals surface area (Å²) < 4.78 is 10.9. The van der Waals surface area contributed by atoms with E-state index in [4.69, 9.17) is 9.47 Å². The lowest BCUT2D eigenvalue weighted by Crippen LogP contribution is -2.19. The van der Waals surface area contributed by atoms with Crippen LogP contribution in [0.15, 0.2) is 48.5 Å². The standard InChI is InChI=1S/C42H74N4O2S2.ClH.H2O/c1-47-41-27-19-17-25-39(41)37-45-31-23-15-11-7-3-5-9-13-21-29-43-33-35-49-50-36-34-44-30-22-14-10-6-4-8-12-16-24-32-46-38-40-26-18-20-28-42(40)48-2;;/h17-20,25-28,43-46H,3-16,21-24,29-38H2,1-2H3;1H;1H2. The fraction of sp³-hybridized carbons (Fsp3) is 0.714. The zero-order valence-electron chi connectivity index (χ0n) is 33.0. The summed E-state index contributed by atoms with van der Waals surface area (Å²) in [6, 6.07) is 16.6. The van der Waals surface area contributed by atoms with Crippen molar-refractivity contribution in [1.82, 2.24) is 21.3 Å². The largest absolute Gasteiger partial charge is 0.496 e. The van der Waals surface area contributed by atoms with Gasteiger partial charge >= 0.3 is 0 Å². The zero-order chi connectivity index (χ0) is 35.4. The van der Waals surface area contributed by atoms with Gasteiger partial charge in [0.2, 0.25) is 0 Å². The molecule has 0 fully saturated rings. The highest BCUT2D eigenvalue weighted by Crippen LogP contribution is 2.20. The number of rotatable bonds is 37. The number of hydrogen-bond donors (Lipinski definition) is 4. The quantitative estimate of drug-likeness (QED) is 0.0397. The zero-order valence-corrected chi connectivity index (χ0v) is 35.4. The number of halogens is 1. The Bertz CT molecular complexity index is 947. The van der Waals surface area contributed by atoms with Crippen LogP contribution in [0.3, 0.4) is 0 Å². The molecule has 0 amide bonds. The van der Waals surface area contributed by atoms with Gasteiger partial charge in [-0.15, -0.1) is 12.4 Å². The minimum Gasteiger partial charge on any atom is -0.496 e. The van der Waals surface area contributed by atoms with Crippen molar-refractivity contribution in [2.45, 2.75) is 129 Å². The maximum atomic E-state index is 5.43. The maximum absolute atomic E-state index is 5.43. The number of nitrogens with one attached hydrogen (secondary N) is 4. The van der Waals surface area contributed by atoms with Crippen LogP contribution in [0, 0.1) is 0 Å². The first kappa shape index (κ1) is 50.8. The van der Waals surface area contributed by atoms with Crippen molar-refractivity contribution in [3.63, 3.8) is 0 Å². The van der Waals surface area contributed by atoms with Gasteiger partial charge in [-0.25, -0.2) is 0 Å². The van der Waals surface area contributed by atoms with E-state index in [0.717, 1.165) is 50.8 Å². The van der Waals surface area contributed by atoms with E-state index < -0.39 is 0 Å². The number of benzene rings is 2. The minimum absolute atomic E-state index is 0. The summed E-state index contributed by atoms with van der Waals surface area (Å²) in [6.07, 6.45) is 24.5. The normalized spacial score (nSPS) is 10.9. The Morgan fingerprint density at radius 2 is 0.692 bits per heavy atom. The first-order valence-corrected chi connectivity index (χ1v) is 22.6. The molecule has 0 atom stereocenters. The Morgan fingerprint density at radius 1 is 0.404 bits per heavy atom. The van der Waals surface area contributed by atoms with Gasteiger partial charge in [-0.05, 0) is 64.0 Å². The van der Waals surface area contributed by atoms with Crippen molar-refractivity contribution in [1.29, 1.82) is 0 Å². The number of unbranched alkanes of at least 4 members (excludes halogenated alkanes) is 16. The predicted molar refractivity (Wildman–Crippen MR) is 234 cm³/mol. The van der Waals surface area contributed by atoms with E-state index in [1.807, 2.05) is 45.9 Å². The van der Waals surface area contributed by atoms with E-state index in [9.17, 15) is 0 Å². The van der Waals surface area contributed by atoms with Crippen molar-refractivity contribution >= 4 is 34.0 Å². The summed E-state index contributed by atoms with van der Waals surface area (Å²) in [5.74, 6) is 4.38. The van der Waals surface area contributed by atoms with Crippen molar-refractivity contribution in [2.24, 2.45) is 0 Å². The lowest BCUT2D eigenvalue weighted by Gasteiger charge is -2.09. The number of para-hydroxylation sites is 2. The van der Waals surface area contributed by atoms with Gasteiger partial charge < -0.3 is 36.2 Å². The fourth-order valence-corrected chi connectivity index (χ4v) is 8.11. The average Bonchev–Trinajstić information content (AvgIpc) is 3.15. The summed E-state index contributed by atoms with van der Waals surface area (Å²) in [7, 11) is 7.54. The molecule has 0 bridgehead atoms. The molecule has 0 saturated heterocycles. The van der Waals surface area contributed by atoms with Crippen LogP contribution in [0.4, 0.5) is 0 Å². The summed E-state index contributed by atoms with van der Waals surface area (Å²) in [6.45, 7) is 8.61. The van der Waals surface area contributed by atoms with Crippen molar-refractivity contribution in [2.75, 3.05) is 65.0 Å². The molecular weight excluding hydrogens is 708 g/mol. The van der Waals surface area contributed by atoms with E-state index >= 15 is 0 Å². The molecule has 302 valence electrons. The van der Waals surface area contributed by atoms with Crippen molar-refractivity contribution in [3.05, 3.63) is 59.7 Å². The van der Waals surface area contributed by atoms with Crippen LogP contribution in [0.5, 0.6) is 11.5 Å². The van der Waals surface area contributed by atoms with Crippen LogP contribution >= 0.6 is 34.0 Å². The molecule has 0 spiro atoms. The van der Waals surface area contributed by atoms with Crippen molar-refractivity contribution < 1.29 is 14.9 Å². The molecule has 2 rings (SSSR count). The van der Waals surface area contributed by atoms with Gasteiger partial charge in [0.15, 0.2) is 0 Å². The number of methoxy groups -OCH3 is 2. The molecule has 6 N–H and O–H groups in total. The van der Waals surface area contributed by atoms with Gasteiger partial charge in [0, 0.05) is 48.8 Å². The highest BCUT2D eigenvalue weighted by molar-refractivity contribution is 8.76. The molecule has 0 aromatic heterocycles. The van der Waals surface area contributed by atoms with Crippen LogP contribution < -0.4 is 30.7 Å². The van der Waals surface area contributed by atoms with Crippen LogP contribution in [0.2, 0.25) is 0 Å². The maximum Gasteiger partial charge on any atom is 0.123 e. The second kappa shape index (κ2) is 39.5. The Hall–Kier alpha value is -1.17. The molecule has 0 aliphatic rings. The highest BCUT2D eigenvalue weighted by Gasteiger charge is 2.02. The molecule has 2 aromatic carbocycles. The summed E-state index contributed by atoms with van der Waals surface area (Å²) in [5, 5.41) is 14.4. The molecule has 7 nitrogen and oxygen atoms in total. The summed E-state index contributed by atoms with van der Waals surface area (Å²) in [4.78, 5) is 0. The van der Waals surface area contributed by atoms with Crippen LogP contribution in [0.25, 0.3) is 0 Å². The number of ether oxygens (including phenoxy) is 2. The fourth-order valence-electron chi connectivity index (χ4n) is 6.21. The molecular formula is C42H77ClN4O3S2. The molecule has 0 radical (unpaired) electrons. The minimum atomic E-state index is 0. The third kappa shape index (κ3) is 29.2. The highest BCUT2D eigenvalue weighted by atomic mass is 35.5. The SMILES string of the molecule is COc1ccccc1CNCCCCCCCCCCCNCCSSCCNCCCCCCCCCCCNCc1ccccc1OC.Cl.O. The van der Waals surface area contributed by atoms with E-state index in [1.165, 1.54) is 151 Å². The number of hydrogen-bond acceptors (Lipinski definition) is 8. The van der Waals surface area contributed by atoms with Gasteiger partial charge in [-0.1, -0.05) is 148 Å². The van der Waals surface area contributed by atoms with E-state index in [2.05, 4.69) is 45.5 Å². The molecule has 0 unspecified atom stereocenters.